The van der Waals surface area contributed by atoms with Crippen molar-refractivity contribution >= 4 is 7.82 Å². The predicted octanol–water partition coefficient (Wildman–Crippen LogP) is -3.31. The second-order valence-electron chi connectivity index (χ2n) is 1.38. The molecule has 0 amide bonds. The Kier molecular flexibility index (Phi) is 7.94. The van der Waals surface area contributed by atoms with Gasteiger partial charge in [0, 0.05) is 14.1 Å². The van der Waals surface area contributed by atoms with E-state index in [2.05, 4.69) is 4.62 Å². The summed E-state index contributed by atoms with van der Waals surface area (Å²) in [5.74, 6) is 0. The van der Waals surface area contributed by atoms with E-state index in [0.29, 0.717) is 0 Å². The molecule has 9 heavy (non-hydrogen) atoms. The van der Waals surface area contributed by atoms with Crippen molar-refractivity contribution < 1.29 is 71.8 Å². The van der Waals surface area contributed by atoms with Crippen molar-refractivity contribution in [1.82, 2.24) is 5.06 Å². The van der Waals surface area contributed by atoms with Crippen LogP contribution in [0.15, 0.2) is 0 Å². The van der Waals surface area contributed by atoms with Crippen LogP contribution in [0.2, 0.25) is 0 Å². The fourth-order valence-corrected chi connectivity index (χ4v) is 0.638. The van der Waals surface area contributed by atoms with Gasteiger partial charge in [0.1, 0.15) is 0 Å². The maximum Gasteiger partial charge on any atom is 1.00 e. The summed E-state index contributed by atoms with van der Waals surface area (Å²) in [5, 5.41) is 0.945. The molecular formula is C2H9KNO4P. The van der Waals surface area contributed by atoms with Crippen LogP contribution in [0.4, 0.5) is 0 Å². The van der Waals surface area contributed by atoms with Gasteiger partial charge in [-0.2, -0.15) is 9.69 Å². The van der Waals surface area contributed by atoms with E-state index in [-0.39, 0.29) is 52.8 Å². The molecule has 0 aromatic rings. The first kappa shape index (κ1) is 13.3. The molecule has 0 heterocycles. The van der Waals surface area contributed by atoms with Crippen molar-refractivity contribution in [3.63, 3.8) is 0 Å². The van der Waals surface area contributed by atoms with Gasteiger partial charge in [-0.3, -0.25) is 0 Å². The molecule has 0 aromatic heterocycles. The first-order valence-electron chi connectivity index (χ1n) is 1.84. The Hall–Kier alpha value is 1.71. The molecule has 7 heteroatoms. The van der Waals surface area contributed by atoms with Crippen LogP contribution >= 0.6 is 7.82 Å². The maximum absolute atomic E-state index is 9.87. The van der Waals surface area contributed by atoms with Gasteiger partial charge in [-0.25, -0.2) is 4.57 Å². The molecule has 0 spiro atoms. The van der Waals surface area contributed by atoms with E-state index >= 15 is 0 Å². The molecule has 0 aliphatic carbocycles. The number of nitrogens with zero attached hydrogens (tertiary/aromatic N) is 1. The zero-order valence-corrected chi connectivity index (χ0v) is 9.62. The fourth-order valence-electron chi connectivity index (χ4n) is 0.213. The SMILES string of the molecule is CN(C)OP(=O)(O)O.[H-].[K+]. The van der Waals surface area contributed by atoms with Crippen molar-refractivity contribution in [3.8, 4) is 0 Å². The van der Waals surface area contributed by atoms with Gasteiger partial charge in [-0.05, 0) is 0 Å². The van der Waals surface area contributed by atoms with Gasteiger partial charge in [0.05, 0.1) is 0 Å². The van der Waals surface area contributed by atoms with Crippen molar-refractivity contribution in [3.05, 3.63) is 0 Å². The third kappa shape index (κ3) is 12.8. The summed E-state index contributed by atoms with van der Waals surface area (Å²) in [6.07, 6.45) is 0. The van der Waals surface area contributed by atoms with Crippen LogP contribution in [-0.2, 0) is 9.19 Å². The molecule has 0 bridgehead atoms. The topological polar surface area (TPSA) is 70.0 Å². The van der Waals surface area contributed by atoms with Crippen LogP contribution in [0.1, 0.15) is 1.43 Å². The summed E-state index contributed by atoms with van der Waals surface area (Å²) in [6.45, 7) is 0. The third-order valence-corrected chi connectivity index (χ3v) is 0.809. The van der Waals surface area contributed by atoms with E-state index in [1.807, 2.05) is 0 Å². The number of phosphoric acid groups is 1. The summed E-state index contributed by atoms with van der Waals surface area (Å²) >= 11 is 0. The quantitative estimate of drug-likeness (QED) is 0.265. The van der Waals surface area contributed by atoms with Gasteiger partial charge in [0.25, 0.3) is 0 Å². The first-order valence-corrected chi connectivity index (χ1v) is 3.37. The Morgan fingerprint density at radius 3 is 1.89 bits per heavy atom. The molecule has 0 aromatic carbocycles. The van der Waals surface area contributed by atoms with E-state index in [1.165, 1.54) is 14.1 Å². The normalized spacial score (nSPS) is 11.2. The second-order valence-corrected chi connectivity index (χ2v) is 2.53. The summed E-state index contributed by atoms with van der Waals surface area (Å²) in [5.41, 5.74) is 0. The Bertz CT molecular complexity index is 116. The van der Waals surface area contributed by atoms with E-state index in [9.17, 15) is 4.57 Å². The van der Waals surface area contributed by atoms with Gasteiger partial charge in [0.15, 0.2) is 0 Å². The van der Waals surface area contributed by atoms with Crippen LogP contribution < -0.4 is 51.4 Å². The molecule has 0 rings (SSSR count). The average molecular weight is 181 g/mol. The molecule has 0 atom stereocenters. The van der Waals surface area contributed by atoms with E-state index in [1.54, 1.807) is 0 Å². The monoisotopic (exact) mass is 181 g/mol. The molecule has 52 valence electrons. The number of hydroxylamine groups is 2. The third-order valence-electron chi connectivity index (χ3n) is 0.270. The van der Waals surface area contributed by atoms with Crippen LogP contribution in [-0.4, -0.2) is 28.9 Å². The first-order chi connectivity index (χ1) is 3.42. The van der Waals surface area contributed by atoms with Gasteiger partial charge in [0.2, 0.25) is 0 Å². The van der Waals surface area contributed by atoms with Crippen molar-refractivity contribution in [2.75, 3.05) is 14.1 Å². The van der Waals surface area contributed by atoms with E-state index in [0.717, 1.165) is 5.06 Å². The molecule has 0 aliphatic heterocycles. The minimum atomic E-state index is -4.30. The molecule has 0 fully saturated rings. The molecule has 5 nitrogen and oxygen atoms in total. The molecule has 0 saturated carbocycles. The van der Waals surface area contributed by atoms with Gasteiger partial charge >= 0.3 is 59.2 Å². The van der Waals surface area contributed by atoms with Crippen LogP contribution in [0.5, 0.6) is 0 Å². The van der Waals surface area contributed by atoms with Crippen molar-refractivity contribution in [1.29, 1.82) is 0 Å². The summed E-state index contributed by atoms with van der Waals surface area (Å²) in [6, 6.07) is 0. The minimum absolute atomic E-state index is 0. The van der Waals surface area contributed by atoms with E-state index < -0.39 is 7.82 Å². The van der Waals surface area contributed by atoms with Crippen molar-refractivity contribution in [2.45, 2.75) is 0 Å². The summed E-state index contributed by atoms with van der Waals surface area (Å²) in [7, 11) is -1.52. The zero-order valence-electron chi connectivity index (χ0n) is 6.61. The average Bonchev–Trinajstić information content (AvgIpc) is 1.21. The molecule has 2 N–H and O–H groups in total. The van der Waals surface area contributed by atoms with E-state index in [4.69, 9.17) is 9.79 Å². The van der Waals surface area contributed by atoms with Crippen LogP contribution in [0.3, 0.4) is 0 Å². The number of hydrogen-bond donors (Lipinski definition) is 2. The van der Waals surface area contributed by atoms with Crippen LogP contribution in [0.25, 0.3) is 0 Å². The maximum atomic E-state index is 9.87. The minimum Gasteiger partial charge on any atom is -1.00 e. The smallest absolute Gasteiger partial charge is 1.00 e. The fraction of sp³-hybridized carbons (Fsp3) is 1.00. The standard InChI is InChI=1S/C2H8NO4P.K.H/c1-3(2)7-8(4,5)6;;/h1-2H3,(H2,4,5,6);;/q;+1;-1. The second kappa shape index (κ2) is 5.37. The van der Waals surface area contributed by atoms with Gasteiger partial charge < -0.3 is 11.2 Å². The number of rotatable bonds is 2. The molecule has 0 radical (unpaired) electrons. The van der Waals surface area contributed by atoms with Crippen LogP contribution in [0, 0.1) is 0 Å². The molecule has 0 saturated heterocycles. The van der Waals surface area contributed by atoms with Gasteiger partial charge in [-0.1, -0.05) is 0 Å². The summed E-state index contributed by atoms with van der Waals surface area (Å²) in [4.78, 5) is 16.1. The molecule has 0 unspecified atom stereocenters. The number of hydrogen-bond acceptors (Lipinski definition) is 3. The zero-order chi connectivity index (χ0) is 6.78. The van der Waals surface area contributed by atoms with Gasteiger partial charge in [-0.15, -0.1) is 0 Å². The Morgan fingerprint density at radius 2 is 1.89 bits per heavy atom. The Morgan fingerprint density at radius 1 is 1.56 bits per heavy atom. The summed E-state index contributed by atoms with van der Waals surface area (Å²) < 4.78 is 13.8. The largest absolute Gasteiger partial charge is 1.00 e. The Labute approximate surface area is 97.5 Å². The molecular weight excluding hydrogens is 172 g/mol. The Balaban J connectivity index is -0.000000245. The van der Waals surface area contributed by atoms with Crippen molar-refractivity contribution in [2.24, 2.45) is 0 Å². The predicted molar refractivity (Wildman–Crippen MR) is 27.9 cm³/mol. The molecule has 0 aliphatic rings.